The smallest absolute Gasteiger partial charge is 0.410 e. The number of benzene rings is 2. The molecule has 2 aromatic heterocycles. The summed E-state index contributed by atoms with van der Waals surface area (Å²) in [5.41, 5.74) is 3.86. The number of ether oxygens (including phenoxy) is 2. The summed E-state index contributed by atoms with van der Waals surface area (Å²) < 4.78 is 9.72. The summed E-state index contributed by atoms with van der Waals surface area (Å²) in [6, 6.07) is 15.9. The molecule has 0 saturated heterocycles. The van der Waals surface area contributed by atoms with Gasteiger partial charge in [-0.15, -0.1) is 0 Å². The number of H-pyrrole nitrogens is 2. The Balaban J connectivity index is 0.915. The Hall–Kier alpha value is -5.66. The van der Waals surface area contributed by atoms with E-state index in [1.165, 1.54) is 24.0 Å². The Kier molecular flexibility index (Phi) is 8.93. The number of nitrogens with zero attached hydrogens (tertiary/aromatic N) is 4. The number of aromatic nitrogens is 4. The lowest BCUT2D eigenvalue weighted by atomic mass is 10.0. The van der Waals surface area contributed by atoms with E-state index in [9.17, 15) is 19.2 Å². The third kappa shape index (κ3) is 6.58. The zero-order chi connectivity index (χ0) is 37.8. The van der Waals surface area contributed by atoms with Crippen LogP contribution in [0, 0.1) is 11.8 Å². The van der Waals surface area contributed by atoms with E-state index in [1.54, 1.807) is 14.1 Å². The van der Waals surface area contributed by atoms with Gasteiger partial charge in [-0.1, -0.05) is 48.5 Å². The molecule has 0 unspecified atom stereocenters. The van der Waals surface area contributed by atoms with Crippen LogP contribution in [0.4, 0.5) is 9.59 Å². The van der Waals surface area contributed by atoms with E-state index in [0.29, 0.717) is 49.2 Å². The Bertz CT molecular complexity index is 1910. The van der Waals surface area contributed by atoms with Crippen LogP contribution in [0.25, 0.3) is 33.6 Å². The maximum atomic E-state index is 13.4. The van der Waals surface area contributed by atoms with Crippen LogP contribution in [0.2, 0.25) is 0 Å². The van der Waals surface area contributed by atoms with Crippen molar-refractivity contribution in [1.29, 1.82) is 0 Å². The lowest BCUT2D eigenvalue weighted by molar-refractivity contribution is -0.128. The van der Waals surface area contributed by atoms with Crippen molar-refractivity contribution in [3.05, 3.63) is 72.6 Å². The van der Waals surface area contributed by atoms with Gasteiger partial charge in [-0.25, -0.2) is 19.6 Å². The van der Waals surface area contributed by atoms with Gasteiger partial charge in [0.15, 0.2) is 0 Å². The molecule has 0 radical (unpaired) electrons. The quantitative estimate of drug-likeness (QED) is 0.135. The third-order valence-corrected chi connectivity index (χ3v) is 11.7. The van der Waals surface area contributed by atoms with Gasteiger partial charge in [0, 0.05) is 37.6 Å². The highest BCUT2D eigenvalue weighted by molar-refractivity contribution is 5.93. The fraction of sp³-hybridized carbons (Fsp3) is 0.450. The van der Waals surface area contributed by atoms with Crippen molar-refractivity contribution in [1.82, 2.24) is 40.4 Å². The fourth-order valence-corrected chi connectivity index (χ4v) is 7.47. The molecule has 14 heteroatoms. The minimum Gasteiger partial charge on any atom is -0.453 e. The number of aromatic amines is 2. The molecular formula is C40H46N8O6. The van der Waals surface area contributed by atoms with Gasteiger partial charge in [0.05, 0.1) is 37.7 Å². The maximum Gasteiger partial charge on any atom is 0.410 e. The Labute approximate surface area is 313 Å². The molecule has 8 rings (SSSR count). The first-order chi connectivity index (χ1) is 26.1. The summed E-state index contributed by atoms with van der Waals surface area (Å²) in [6.07, 6.45) is 9.15. The van der Waals surface area contributed by atoms with Gasteiger partial charge in [-0.05, 0) is 74.3 Å². The average Bonchev–Trinajstić information content (AvgIpc) is 4.00. The third-order valence-electron chi connectivity index (χ3n) is 11.7. The number of hydrogen-bond donors (Lipinski definition) is 4. The molecule has 14 nitrogen and oxygen atoms in total. The number of imidazole rings is 2. The maximum absolute atomic E-state index is 13.4. The van der Waals surface area contributed by atoms with Gasteiger partial charge in [0.2, 0.25) is 11.8 Å². The second kappa shape index (κ2) is 13.6. The van der Waals surface area contributed by atoms with Crippen LogP contribution in [0.15, 0.2) is 60.9 Å². The monoisotopic (exact) mass is 734 g/mol. The van der Waals surface area contributed by atoms with Gasteiger partial charge in [-0.3, -0.25) is 19.4 Å². The molecule has 4 N–H and O–H groups in total. The second-order valence-corrected chi connectivity index (χ2v) is 15.2. The van der Waals surface area contributed by atoms with Crippen molar-refractivity contribution < 1.29 is 28.7 Å². The zero-order valence-corrected chi connectivity index (χ0v) is 31.0. The van der Waals surface area contributed by atoms with Gasteiger partial charge in [-0.2, -0.15) is 0 Å². The molecule has 0 spiro atoms. The molecule has 4 saturated carbocycles. The van der Waals surface area contributed by atoms with Gasteiger partial charge in [0.1, 0.15) is 22.7 Å². The number of likely N-dealkylation sites (N-methyl/N-ethyl adjacent to an activating group) is 2. The molecule has 4 fully saturated rings. The summed E-state index contributed by atoms with van der Waals surface area (Å²) in [7, 11) is 5.86. The zero-order valence-electron chi connectivity index (χ0n) is 31.0. The number of methoxy groups -OCH3 is 2. The molecule has 282 valence electrons. The van der Waals surface area contributed by atoms with E-state index in [1.807, 2.05) is 36.7 Å². The van der Waals surface area contributed by atoms with Crippen molar-refractivity contribution in [2.45, 2.75) is 74.5 Å². The van der Waals surface area contributed by atoms with Crippen LogP contribution >= 0.6 is 0 Å². The summed E-state index contributed by atoms with van der Waals surface area (Å²) in [5, 5.41) is 6.37. The molecular weight excluding hydrogens is 688 g/mol. The van der Waals surface area contributed by atoms with Crippen LogP contribution in [0.5, 0.6) is 0 Å². The predicted octanol–water partition coefficient (Wildman–Crippen LogP) is 5.73. The fourth-order valence-electron chi connectivity index (χ4n) is 7.47. The standard InChI is InChI=1S/C40H46N8O6/c1-47(37(51)53-3)39(17-18-39)35(49)45-31(27-13-14-27)33-41-21-29(43-33)25-9-5-23(6-10-25)24-7-11-26(12-8-24)30-22-42-34(44-30)32(28-15-16-28)46-36(50)40(19-20-40)48(2)38(52)54-4/h5-12,21-22,27-28,31-32H,13-20H2,1-4H3,(H,41,43)(H,42,44)(H,45,49)(H,46,50)/t31-,32-/m0/s1. The number of rotatable bonds is 13. The number of hydrogen-bond acceptors (Lipinski definition) is 8. The molecule has 4 aromatic rings. The van der Waals surface area contributed by atoms with Crippen LogP contribution < -0.4 is 10.6 Å². The van der Waals surface area contributed by atoms with Crippen molar-refractivity contribution in [3.63, 3.8) is 0 Å². The Morgan fingerprint density at radius 3 is 1.26 bits per heavy atom. The van der Waals surface area contributed by atoms with Crippen LogP contribution in [0.1, 0.15) is 75.1 Å². The van der Waals surface area contributed by atoms with E-state index in [-0.39, 0.29) is 23.9 Å². The van der Waals surface area contributed by atoms with Crippen LogP contribution in [0.3, 0.4) is 0 Å². The van der Waals surface area contributed by atoms with E-state index in [4.69, 9.17) is 19.4 Å². The minimum atomic E-state index is -0.866. The lowest BCUT2D eigenvalue weighted by Gasteiger charge is -2.28. The Morgan fingerprint density at radius 1 is 0.630 bits per heavy atom. The Morgan fingerprint density at radius 2 is 0.963 bits per heavy atom. The summed E-state index contributed by atoms with van der Waals surface area (Å²) in [4.78, 5) is 70.3. The molecule has 4 aliphatic carbocycles. The van der Waals surface area contributed by atoms with Crippen molar-refractivity contribution in [2.24, 2.45) is 11.8 Å². The molecule has 0 bridgehead atoms. The van der Waals surface area contributed by atoms with E-state index in [0.717, 1.165) is 59.3 Å². The highest BCUT2D eigenvalue weighted by Crippen LogP contribution is 2.46. The van der Waals surface area contributed by atoms with E-state index >= 15 is 0 Å². The van der Waals surface area contributed by atoms with Gasteiger partial charge < -0.3 is 30.1 Å². The number of carbonyl (C=O) groups excluding carboxylic acids is 4. The summed E-state index contributed by atoms with van der Waals surface area (Å²) in [6.45, 7) is 0. The van der Waals surface area contributed by atoms with Crippen LogP contribution in [-0.2, 0) is 19.1 Å². The molecule has 4 aliphatic rings. The minimum absolute atomic E-state index is 0.173. The molecule has 0 aliphatic heterocycles. The largest absolute Gasteiger partial charge is 0.453 e. The average molecular weight is 735 g/mol. The first-order valence-corrected chi connectivity index (χ1v) is 18.6. The van der Waals surface area contributed by atoms with Crippen LogP contribution in [-0.4, -0.2) is 93.1 Å². The number of carbonyl (C=O) groups is 4. The highest BCUT2D eigenvalue weighted by atomic mass is 16.5. The molecule has 54 heavy (non-hydrogen) atoms. The SMILES string of the molecule is COC(=O)N(C)C1(C(=O)N[C@H](c2nc(-c3ccc(-c4ccc(-c5c[nH]c([C@@H](NC(=O)C6(N(C)C(=O)OC)CC6)C6CC6)n5)cc4)cc3)c[nH]2)C2CC2)CC1. The molecule has 2 heterocycles. The molecule has 2 atom stereocenters. The first kappa shape index (κ1) is 35.4. The molecule has 2 aromatic carbocycles. The predicted molar refractivity (Wildman–Crippen MR) is 199 cm³/mol. The summed E-state index contributed by atoms with van der Waals surface area (Å²) >= 11 is 0. The van der Waals surface area contributed by atoms with Crippen molar-refractivity contribution in [2.75, 3.05) is 28.3 Å². The normalized spacial score (nSPS) is 18.8. The topological polar surface area (TPSA) is 175 Å². The van der Waals surface area contributed by atoms with Crippen molar-refractivity contribution >= 4 is 24.0 Å². The van der Waals surface area contributed by atoms with Gasteiger partial charge >= 0.3 is 12.2 Å². The molecule has 4 amide bonds. The highest BCUT2D eigenvalue weighted by Gasteiger charge is 2.57. The van der Waals surface area contributed by atoms with E-state index < -0.39 is 23.3 Å². The lowest BCUT2D eigenvalue weighted by Crippen LogP contribution is -2.51. The van der Waals surface area contributed by atoms with E-state index in [2.05, 4.69) is 44.9 Å². The first-order valence-electron chi connectivity index (χ1n) is 18.6. The number of amides is 4. The number of nitrogens with one attached hydrogen (secondary N) is 4. The van der Waals surface area contributed by atoms with Crippen molar-refractivity contribution in [3.8, 4) is 33.6 Å². The van der Waals surface area contributed by atoms with Gasteiger partial charge in [0.25, 0.3) is 0 Å². The summed E-state index contributed by atoms with van der Waals surface area (Å²) in [5.74, 6) is 1.67. The second-order valence-electron chi connectivity index (χ2n) is 15.2.